The number of piperazine rings is 1. The monoisotopic (exact) mass is 481 g/mol. The highest BCUT2D eigenvalue weighted by Gasteiger charge is 2.17. The highest BCUT2D eigenvalue weighted by atomic mass is 127. The second-order valence-corrected chi connectivity index (χ2v) is 8.12. The number of amides is 1. The molecule has 0 radical (unpaired) electrons. The van der Waals surface area contributed by atoms with Crippen LogP contribution in [0.3, 0.4) is 0 Å². The number of rotatable bonds is 6. The summed E-state index contributed by atoms with van der Waals surface area (Å²) < 4.78 is 15.6. The number of benzene rings is 2. The summed E-state index contributed by atoms with van der Waals surface area (Å²) in [5.41, 5.74) is 2.13. The van der Waals surface area contributed by atoms with Gasteiger partial charge in [-0.05, 0) is 59.0 Å². The number of carbonyl (C=O) groups excluding carboxylic acids is 1. The van der Waals surface area contributed by atoms with Gasteiger partial charge in [0.05, 0.1) is 6.42 Å². The van der Waals surface area contributed by atoms with Crippen molar-refractivity contribution in [1.82, 2.24) is 9.80 Å². The van der Waals surface area contributed by atoms with Crippen LogP contribution < -0.4 is 5.32 Å². The number of nitrogens with zero attached hydrogens (tertiary/aromatic N) is 2. The van der Waals surface area contributed by atoms with Crippen LogP contribution in [0.25, 0.3) is 0 Å². The highest BCUT2D eigenvalue weighted by molar-refractivity contribution is 14.1. The van der Waals surface area contributed by atoms with Crippen molar-refractivity contribution in [1.29, 1.82) is 0 Å². The van der Waals surface area contributed by atoms with E-state index in [0.717, 1.165) is 41.9 Å². The number of carbonyl (C=O) groups is 1. The topological polar surface area (TPSA) is 35.6 Å². The predicted molar refractivity (Wildman–Crippen MR) is 115 cm³/mol. The molecule has 0 atom stereocenters. The third-order valence-electron chi connectivity index (χ3n) is 4.90. The van der Waals surface area contributed by atoms with E-state index in [1.54, 1.807) is 12.1 Å². The van der Waals surface area contributed by atoms with Crippen LogP contribution in [0.5, 0.6) is 0 Å². The number of hydrogen-bond acceptors (Lipinski definition) is 3. The Morgan fingerprint density at radius 1 is 1.11 bits per heavy atom. The van der Waals surface area contributed by atoms with E-state index in [1.165, 1.54) is 6.07 Å². The number of hydrogen-bond donors (Lipinski definition) is 1. The second-order valence-electron chi connectivity index (χ2n) is 6.87. The molecule has 144 valence electrons. The third-order valence-corrected chi connectivity index (χ3v) is 5.57. The molecule has 0 saturated carbocycles. The molecule has 3 rings (SSSR count). The molecule has 0 aromatic heterocycles. The Labute approximate surface area is 173 Å². The fourth-order valence-electron chi connectivity index (χ4n) is 3.30. The van der Waals surface area contributed by atoms with Crippen molar-refractivity contribution in [3.63, 3.8) is 0 Å². The molecule has 2 aromatic carbocycles. The molecule has 2 aromatic rings. The summed E-state index contributed by atoms with van der Waals surface area (Å²) in [6.45, 7) is 7.83. The van der Waals surface area contributed by atoms with E-state index in [0.29, 0.717) is 17.8 Å². The third kappa shape index (κ3) is 5.99. The molecule has 6 heteroatoms. The average Bonchev–Trinajstić information content (AvgIpc) is 2.64. The fraction of sp³-hybridized carbons (Fsp3) is 0.381. The summed E-state index contributed by atoms with van der Waals surface area (Å²) in [6, 6.07) is 12.8. The van der Waals surface area contributed by atoms with Crippen LogP contribution in [0.15, 0.2) is 42.5 Å². The van der Waals surface area contributed by atoms with E-state index >= 15 is 0 Å². The molecule has 1 amide bonds. The molecule has 1 aliphatic heterocycles. The van der Waals surface area contributed by atoms with Gasteiger partial charge in [-0.3, -0.25) is 9.69 Å². The minimum Gasteiger partial charge on any atom is -0.326 e. The van der Waals surface area contributed by atoms with Crippen molar-refractivity contribution in [3.8, 4) is 0 Å². The van der Waals surface area contributed by atoms with Gasteiger partial charge >= 0.3 is 0 Å². The van der Waals surface area contributed by atoms with E-state index < -0.39 is 0 Å². The standard InChI is InChI=1S/C21H25FIN3O/c1-2-25-8-10-26(11-9-25)15-17-6-7-19(14-20(17)22)24-21(27)13-16-4-3-5-18(23)12-16/h3-7,12,14H,2,8-11,13,15H2,1H3,(H,24,27). The normalized spacial score (nSPS) is 15.7. The summed E-state index contributed by atoms with van der Waals surface area (Å²) in [4.78, 5) is 16.9. The van der Waals surface area contributed by atoms with Gasteiger partial charge < -0.3 is 10.2 Å². The molecule has 1 heterocycles. The summed E-state index contributed by atoms with van der Waals surface area (Å²) in [7, 11) is 0. The molecule has 1 aliphatic rings. The number of nitrogens with one attached hydrogen (secondary N) is 1. The lowest BCUT2D eigenvalue weighted by molar-refractivity contribution is -0.115. The molecule has 1 N–H and O–H groups in total. The Hall–Kier alpha value is -1.51. The van der Waals surface area contributed by atoms with Gasteiger partial charge in [-0.25, -0.2) is 4.39 Å². The quantitative estimate of drug-likeness (QED) is 0.639. The molecular formula is C21H25FIN3O. The summed E-state index contributed by atoms with van der Waals surface area (Å²) in [5, 5.41) is 2.79. The van der Waals surface area contributed by atoms with Crippen molar-refractivity contribution in [2.24, 2.45) is 0 Å². The number of likely N-dealkylation sites (N-methyl/N-ethyl adjacent to an activating group) is 1. The largest absolute Gasteiger partial charge is 0.326 e. The zero-order chi connectivity index (χ0) is 19.2. The summed E-state index contributed by atoms with van der Waals surface area (Å²) in [6.07, 6.45) is 0.280. The number of anilines is 1. The van der Waals surface area contributed by atoms with Crippen LogP contribution in [0, 0.1) is 9.39 Å². The van der Waals surface area contributed by atoms with Crippen LogP contribution in [0.4, 0.5) is 10.1 Å². The Kier molecular flexibility index (Phi) is 7.20. The first kappa shape index (κ1) is 20.2. The SMILES string of the molecule is CCN1CCN(Cc2ccc(NC(=O)Cc3cccc(I)c3)cc2F)CC1. The van der Waals surface area contributed by atoms with E-state index in [2.05, 4.69) is 44.6 Å². The number of halogens is 2. The molecule has 27 heavy (non-hydrogen) atoms. The van der Waals surface area contributed by atoms with Crippen LogP contribution in [0.2, 0.25) is 0 Å². The maximum Gasteiger partial charge on any atom is 0.228 e. The van der Waals surface area contributed by atoms with E-state index in [1.807, 2.05) is 24.3 Å². The maximum atomic E-state index is 14.5. The first-order valence-electron chi connectivity index (χ1n) is 9.31. The Bertz CT molecular complexity index is 791. The van der Waals surface area contributed by atoms with Crippen LogP contribution in [0.1, 0.15) is 18.1 Å². The van der Waals surface area contributed by atoms with Crippen molar-refractivity contribution >= 4 is 34.2 Å². The smallest absolute Gasteiger partial charge is 0.228 e. The Balaban J connectivity index is 1.55. The Morgan fingerprint density at radius 2 is 1.85 bits per heavy atom. The first-order chi connectivity index (χ1) is 13.0. The highest BCUT2D eigenvalue weighted by Crippen LogP contribution is 2.18. The van der Waals surface area contributed by atoms with Crippen LogP contribution in [-0.2, 0) is 17.8 Å². The van der Waals surface area contributed by atoms with Crippen molar-refractivity contribution in [2.45, 2.75) is 19.9 Å². The van der Waals surface area contributed by atoms with E-state index in [4.69, 9.17) is 0 Å². The first-order valence-corrected chi connectivity index (χ1v) is 10.4. The molecule has 4 nitrogen and oxygen atoms in total. The van der Waals surface area contributed by atoms with E-state index in [-0.39, 0.29) is 18.1 Å². The maximum absolute atomic E-state index is 14.5. The molecule has 0 aliphatic carbocycles. The molecule has 0 bridgehead atoms. The lowest BCUT2D eigenvalue weighted by Gasteiger charge is -2.34. The minimum atomic E-state index is -0.264. The zero-order valence-electron chi connectivity index (χ0n) is 15.5. The van der Waals surface area contributed by atoms with E-state index in [9.17, 15) is 9.18 Å². The zero-order valence-corrected chi connectivity index (χ0v) is 17.7. The summed E-state index contributed by atoms with van der Waals surface area (Å²) in [5.74, 6) is -0.403. The Morgan fingerprint density at radius 3 is 2.52 bits per heavy atom. The van der Waals surface area contributed by atoms with Gasteiger partial charge in [0.15, 0.2) is 0 Å². The van der Waals surface area contributed by atoms with Gasteiger partial charge in [0.25, 0.3) is 0 Å². The van der Waals surface area contributed by atoms with Crippen molar-refractivity contribution in [3.05, 3.63) is 63.0 Å². The predicted octanol–water partition coefficient (Wildman–Crippen LogP) is 3.75. The van der Waals surface area contributed by atoms with Gasteiger partial charge in [-0.1, -0.05) is 25.1 Å². The van der Waals surface area contributed by atoms with Crippen molar-refractivity contribution < 1.29 is 9.18 Å². The molecule has 1 saturated heterocycles. The molecule has 1 fully saturated rings. The van der Waals surface area contributed by atoms with Gasteiger partial charge in [-0.2, -0.15) is 0 Å². The second kappa shape index (κ2) is 9.61. The summed E-state index contributed by atoms with van der Waals surface area (Å²) >= 11 is 2.22. The van der Waals surface area contributed by atoms with Crippen molar-refractivity contribution in [2.75, 3.05) is 38.0 Å². The van der Waals surface area contributed by atoms with Crippen LogP contribution >= 0.6 is 22.6 Å². The van der Waals surface area contributed by atoms with Gasteiger partial charge in [-0.15, -0.1) is 0 Å². The van der Waals surface area contributed by atoms with Gasteiger partial charge in [0, 0.05) is 47.5 Å². The van der Waals surface area contributed by atoms with Gasteiger partial charge in [0.1, 0.15) is 5.82 Å². The molecule has 0 spiro atoms. The van der Waals surface area contributed by atoms with Crippen LogP contribution in [-0.4, -0.2) is 48.4 Å². The van der Waals surface area contributed by atoms with Gasteiger partial charge in [0.2, 0.25) is 5.91 Å². The molecular weight excluding hydrogens is 456 g/mol. The minimum absolute atomic E-state index is 0.139. The fourth-order valence-corrected chi connectivity index (χ4v) is 3.90. The lowest BCUT2D eigenvalue weighted by Crippen LogP contribution is -2.45. The molecule has 0 unspecified atom stereocenters. The average molecular weight is 481 g/mol. The lowest BCUT2D eigenvalue weighted by atomic mass is 10.1.